The van der Waals surface area contributed by atoms with E-state index in [9.17, 15) is 5.11 Å². The average Bonchev–Trinajstić information content (AvgIpc) is 2.73. The summed E-state index contributed by atoms with van der Waals surface area (Å²) in [5.41, 5.74) is 0.746. The van der Waals surface area contributed by atoms with Crippen LogP contribution >= 0.6 is 45.9 Å². The highest BCUT2D eigenvalue weighted by Gasteiger charge is 2.16. The maximum Gasteiger partial charge on any atom is 0.115 e. The van der Waals surface area contributed by atoms with Gasteiger partial charge in [-0.25, -0.2) is 0 Å². The van der Waals surface area contributed by atoms with Crippen molar-refractivity contribution in [1.29, 1.82) is 0 Å². The van der Waals surface area contributed by atoms with Crippen LogP contribution in [-0.4, -0.2) is 5.11 Å². The second-order valence-electron chi connectivity index (χ2n) is 2.72. The number of halogens is 2. The molecule has 1 unspecified atom stereocenters. The zero-order chi connectivity index (χ0) is 10.1. The Bertz CT molecular complexity index is 435. The first-order valence-corrected chi connectivity index (χ1v) is 6.35. The average molecular weight is 265 g/mol. The first-order chi connectivity index (χ1) is 6.68. The smallest absolute Gasteiger partial charge is 0.115 e. The van der Waals surface area contributed by atoms with E-state index >= 15 is 0 Å². The van der Waals surface area contributed by atoms with Gasteiger partial charge in [-0.05, 0) is 17.5 Å². The molecule has 2 heterocycles. The third-order valence-corrected chi connectivity index (χ3v) is 4.33. The topological polar surface area (TPSA) is 20.2 Å². The Morgan fingerprint density at radius 1 is 1.29 bits per heavy atom. The van der Waals surface area contributed by atoms with Gasteiger partial charge in [-0.2, -0.15) is 0 Å². The van der Waals surface area contributed by atoms with Gasteiger partial charge in [0.2, 0.25) is 0 Å². The quantitative estimate of drug-likeness (QED) is 0.862. The second-order valence-corrected chi connectivity index (χ2v) is 5.62. The van der Waals surface area contributed by atoms with E-state index in [1.54, 1.807) is 11.4 Å². The summed E-state index contributed by atoms with van der Waals surface area (Å²) >= 11 is 14.5. The Kier molecular flexibility index (Phi) is 3.14. The van der Waals surface area contributed by atoms with E-state index in [1.807, 2.05) is 11.4 Å². The largest absolute Gasteiger partial charge is 0.383 e. The summed E-state index contributed by atoms with van der Waals surface area (Å²) in [6, 6.07) is 3.58. The lowest BCUT2D eigenvalue weighted by Crippen LogP contribution is -1.94. The molecule has 0 bridgehead atoms. The molecule has 2 aromatic heterocycles. The summed E-state index contributed by atoms with van der Waals surface area (Å²) in [4.78, 5) is 0.815. The van der Waals surface area contributed by atoms with Crippen molar-refractivity contribution in [3.8, 4) is 0 Å². The minimum Gasteiger partial charge on any atom is -0.383 e. The van der Waals surface area contributed by atoms with Crippen molar-refractivity contribution in [3.63, 3.8) is 0 Å². The van der Waals surface area contributed by atoms with Crippen LogP contribution in [0.25, 0.3) is 0 Å². The predicted octanol–water partition coefficient (Wildman–Crippen LogP) is 4.20. The lowest BCUT2D eigenvalue weighted by atomic mass is 10.2. The Balaban J connectivity index is 2.33. The predicted molar refractivity (Wildman–Crippen MR) is 62.7 cm³/mol. The molecular formula is C9H6Cl2OS2. The maximum atomic E-state index is 9.95. The summed E-state index contributed by atoms with van der Waals surface area (Å²) in [5, 5.41) is 14.2. The maximum absolute atomic E-state index is 9.95. The lowest BCUT2D eigenvalue weighted by molar-refractivity contribution is 0.225. The Morgan fingerprint density at radius 2 is 2.07 bits per heavy atom. The number of hydrogen-bond donors (Lipinski definition) is 1. The third-order valence-electron chi connectivity index (χ3n) is 1.80. The molecule has 74 valence electrons. The van der Waals surface area contributed by atoms with E-state index in [1.165, 1.54) is 22.7 Å². The van der Waals surface area contributed by atoms with Crippen LogP contribution in [-0.2, 0) is 0 Å². The molecule has 0 spiro atoms. The minimum atomic E-state index is -0.661. The fourth-order valence-electron chi connectivity index (χ4n) is 1.12. The Morgan fingerprint density at radius 3 is 2.57 bits per heavy atom. The lowest BCUT2D eigenvalue weighted by Gasteiger charge is -2.06. The molecule has 0 saturated heterocycles. The molecule has 2 aromatic rings. The highest BCUT2D eigenvalue weighted by molar-refractivity contribution is 7.14. The van der Waals surface area contributed by atoms with E-state index in [0.29, 0.717) is 9.36 Å². The van der Waals surface area contributed by atoms with Gasteiger partial charge in [0.25, 0.3) is 0 Å². The van der Waals surface area contributed by atoms with Crippen LogP contribution < -0.4 is 0 Å². The molecule has 0 saturated carbocycles. The second kappa shape index (κ2) is 4.21. The fourth-order valence-corrected chi connectivity index (χ4v) is 3.18. The number of hydrogen-bond acceptors (Lipinski definition) is 3. The molecule has 0 aliphatic rings. The van der Waals surface area contributed by atoms with Gasteiger partial charge in [0.05, 0.1) is 9.36 Å². The van der Waals surface area contributed by atoms with Crippen molar-refractivity contribution in [2.24, 2.45) is 0 Å². The molecule has 14 heavy (non-hydrogen) atoms. The molecule has 0 aliphatic heterocycles. The number of rotatable bonds is 2. The molecule has 0 aliphatic carbocycles. The van der Waals surface area contributed by atoms with E-state index < -0.39 is 6.10 Å². The third kappa shape index (κ3) is 1.97. The monoisotopic (exact) mass is 264 g/mol. The molecule has 1 atom stereocenters. The zero-order valence-electron chi connectivity index (χ0n) is 6.91. The van der Waals surface area contributed by atoms with Crippen LogP contribution in [0.2, 0.25) is 9.36 Å². The molecular weight excluding hydrogens is 259 g/mol. The highest BCUT2D eigenvalue weighted by Crippen LogP contribution is 2.35. The fraction of sp³-hybridized carbons (Fsp3) is 0.111. The summed E-state index contributed by atoms with van der Waals surface area (Å²) in [7, 11) is 0. The summed E-state index contributed by atoms with van der Waals surface area (Å²) < 4.78 is 0.627. The first-order valence-electron chi connectivity index (χ1n) is 3.83. The van der Waals surface area contributed by atoms with Gasteiger partial charge in [0.1, 0.15) is 6.10 Å². The van der Waals surface area contributed by atoms with Gasteiger partial charge < -0.3 is 5.11 Å². The number of aliphatic hydroxyl groups is 1. The van der Waals surface area contributed by atoms with Crippen molar-refractivity contribution in [3.05, 3.63) is 42.7 Å². The first kappa shape index (κ1) is 10.5. The van der Waals surface area contributed by atoms with E-state index in [0.717, 1.165) is 10.4 Å². The summed E-state index contributed by atoms with van der Waals surface area (Å²) in [6.45, 7) is 0. The summed E-state index contributed by atoms with van der Waals surface area (Å²) in [5.74, 6) is 0. The van der Waals surface area contributed by atoms with Crippen LogP contribution in [0.15, 0.2) is 22.9 Å². The van der Waals surface area contributed by atoms with E-state index in [2.05, 4.69) is 0 Å². The minimum absolute atomic E-state index is 0.627. The van der Waals surface area contributed by atoms with Crippen LogP contribution in [0.3, 0.4) is 0 Å². The zero-order valence-corrected chi connectivity index (χ0v) is 10.1. The number of aliphatic hydroxyl groups excluding tert-OH is 1. The van der Waals surface area contributed by atoms with Gasteiger partial charge in [-0.3, -0.25) is 0 Å². The van der Waals surface area contributed by atoms with Gasteiger partial charge in [-0.1, -0.05) is 23.2 Å². The van der Waals surface area contributed by atoms with Crippen molar-refractivity contribution in [2.75, 3.05) is 0 Å². The Hall–Kier alpha value is -0.0600. The van der Waals surface area contributed by atoms with Crippen molar-refractivity contribution in [2.45, 2.75) is 6.10 Å². The number of thiophene rings is 2. The van der Waals surface area contributed by atoms with Gasteiger partial charge >= 0.3 is 0 Å². The molecule has 5 heteroatoms. The van der Waals surface area contributed by atoms with Crippen molar-refractivity contribution in [1.82, 2.24) is 0 Å². The molecule has 0 fully saturated rings. The van der Waals surface area contributed by atoms with Gasteiger partial charge in [0.15, 0.2) is 0 Å². The van der Waals surface area contributed by atoms with Crippen molar-refractivity contribution < 1.29 is 5.11 Å². The molecule has 1 N–H and O–H groups in total. The van der Waals surface area contributed by atoms with Gasteiger partial charge in [-0.15, -0.1) is 22.7 Å². The molecule has 1 nitrogen and oxygen atoms in total. The standard InChI is InChI=1S/C9H6Cl2OS2/c10-5-3-7(14-4-5)8(12)6-1-2-13-9(6)11/h1-4,8,12H. The van der Waals surface area contributed by atoms with E-state index in [4.69, 9.17) is 23.2 Å². The van der Waals surface area contributed by atoms with Crippen LogP contribution in [0.1, 0.15) is 16.5 Å². The van der Waals surface area contributed by atoms with Crippen LogP contribution in [0.5, 0.6) is 0 Å². The Labute approximate surface area is 99.5 Å². The normalized spacial score (nSPS) is 13.1. The molecule has 0 aromatic carbocycles. The van der Waals surface area contributed by atoms with Crippen molar-refractivity contribution >= 4 is 45.9 Å². The van der Waals surface area contributed by atoms with Crippen LogP contribution in [0, 0.1) is 0 Å². The molecule has 0 amide bonds. The molecule has 0 radical (unpaired) electrons. The van der Waals surface area contributed by atoms with Gasteiger partial charge in [0, 0.05) is 15.8 Å². The van der Waals surface area contributed by atoms with E-state index in [-0.39, 0.29) is 0 Å². The highest BCUT2D eigenvalue weighted by atomic mass is 35.5. The summed E-state index contributed by atoms with van der Waals surface area (Å²) in [6.07, 6.45) is -0.661. The SMILES string of the molecule is OC(c1cc(Cl)cs1)c1ccsc1Cl. The molecule has 2 rings (SSSR count). The van der Waals surface area contributed by atoms with Crippen LogP contribution in [0.4, 0.5) is 0 Å².